The third-order valence-electron chi connectivity index (χ3n) is 3.26. The van der Waals surface area contributed by atoms with E-state index in [1.165, 1.54) is 0 Å². The van der Waals surface area contributed by atoms with Gasteiger partial charge in [0.1, 0.15) is 0 Å². The summed E-state index contributed by atoms with van der Waals surface area (Å²) in [6.07, 6.45) is 3.04. The summed E-state index contributed by atoms with van der Waals surface area (Å²) in [7, 11) is 4.06. The van der Waals surface area contributed by atoms with Crippen LogP contribution in [0.4, 0.5) is 0 Å². The van der Waals surface area contributed by atoms with Gasteiger partial charge in [0.2, 0.25) is 5.91 Å². The van der Waals surface area contributed by atoms with E-state index < -0.39 is 5.97 Å². The summed E-state index contributed by atoms with van der Waals surface area (Å²) in [5, 5.41) is 8.52. The maximum atomic E-state index is 11.9. The van der Waals surface area contributed by atoms with Crippen molar-refractivity contribution in [1.29, 1.82) is 0 Å². The zero-order valence-electron chi connectivity index (χ0n) is 10.7. The topological polar surface area (TPSA) is 60.9 Å². The van der Waals surface area contributed by atoms with Crippen molar-refractivity contribution < 1.29 is 14.7 Å². The average Bonchev–Trinajstić information content (AvgIpc) is 2.28. The van der Waals surface area contributed by atoms with Gasteiger partial charge < -0.3 is 14.9 Å². The van der Waals surface area contributed by atoms with E-state index in [0.717, 1.165) is 25.9 Å². The van der Waals surface area contributed by atoms with Crippen molar-refractivity contribution in [2.24, 2.45) is 0 Å². The van der Waals surface area contributed by atoms with Crippen LogP contribution in [-0.4, -0.2) is 60.0 Å². The fraction of sp³-hybridized carbons (Fsp3) is 0.833. The SMILES string of the molecule is CN(C)C1CCCN(C(=O)CCCC(=O)O)C1. The molecule has 0 radical (unpaired) electrons. The number of nitrogens with zero attached hydrogens (tertiary/aromatic N) is 2. The summed E-state index contributed by atoms with van der Waals surface area (Å²) in [5.41, 5.74) is 0. The van der Waals surface area contributed by atoms with Crippen molar-refractivity contribution in [2.45, 2.75) is 38.1 Å². The highest BCUT2D eigenvalue weighted by Gasteiger charge is 2.24. The predicted octanol–water partition coefficient (Wildman–Crippen LogP) is 0.794. The molecule has 0 aromatic rings. The number of carbonyl (C=O) groups excluding carboxylic acids is 1. The smallest absolute Gasteiger partial charge is 0.303 e. The Kier molecular flexibility index (Phi) is 5.41. The third-order valence-corrected chi connectivity index (χ3v) is 3.26. The molecule has 5 heteroatoms. The van der Waals surface area contributed by atoms with Crippen LogP contribution < -0.4 is 0 Å². The van der Waals surface area contributed by atoms with Gasteiger partial charge in [-0.25, -0.2) is 0 Å². The molecule has 17 heavy (non-hydrogen) atoms. The Morgan fingerprint density at radius 1 is 1.35 bits per heavy atom. The molecule has 1 aliphatic rings. The molecule has 0 saturated carbocycles. The van der Waals surface area contributed by atoms with E-state index in [1.54, 1.807) is 0 Å². The summed E-state index contributed by atoms with van der Waals surface area (Å²) in [5.74, 6) is -0.736. The molecular weight excluding hydrogens is 220 g/mol. The van der Waals surface area contributed by atoms with Gasteiger partial charge in [0.05, 0.1) is 0 Å². The highest BCUT2D eigenvalue weighted by atomic mass is 16.4. The van der Waals surface area contributed by atoms with Crippen LogP contribution in [0.1, 0.15) is 32.1 Å². The molecule has 5 nitrogen and oxygen atoms in total. The lowest BCUT2D eigenvalue weighted by atomic mass is 10.0. The Hall–Kier alpha value is -1.10. The molecule has 0 aromatic carbocycles. The molecule has 1 atom stereocenters. The summed E-state index contributed by atoms with van der Waals surface area (Å²) in [6.45, 7) is 1.59. The molecule has 0 aromatic heterocycles. The number of hydrogen-bond acceptors (Lipinski definition) is 3. The second kappa shape index (κ2) is 6.59. The maximum absolute atomic E-state index is 11.9. The van der Waals surface area contributed by atoms with Crippen LogP contribution in [0.25, 0.3) is 0 Å². The fourth-order valence-corrected chi connectivity index (χ4v) is 2.15. The standard InChI is InChI=1S/C12H22N2O3/c1-13(2)10-5-4-8-14(9-10)11(15)6-3-7-12(16)17/h10H,3-9H2,1-2H3,(H,16,17). The van der Waals surface area contributed by atoms with E-state index in [-0.39, 0.29) is 12.3 Å². The third kappa shape index (κ3) is 4.73. The number of likely N-dealkylation sites (tertiary alicyclic amines) is 1. The Balaban J connectivity index is 2.33. The Labute approximate surface area is 102 Å². The van der Waals surface area contributed by atoms with Crippen molar-refractivity contribution in [2.75, 3.05) is 27.2 Å². The van der Waals surface area contributed by atoms with Crippen molar-refractivity contribution >= 4 is 11.9 Å². The average molecular weight is 242 g/mol. The number of aliphatic carboxylic acids is 1. The first-order chi connectivity index (χ1) is 8.00. The van der Waals surface area contributed by atoms with E-state index in [2.05, 4.69) is 4.90 Å². The number of carbonyl (C=O) groups is 2. The van der Waals surface area contributed by atoms with Gasteiger partial charge in [-0.2, -0.15) is 0 Å². The van der Waals surface area contributed by atoms with Crippen LogP contribution in [0.5, 0.6) is 0 Å². The molecule has 1 N–H and O–H groups in total. The minimum Gasteiger partial charge on any atom is -0.481 e. The van der Waals surface area contributed by atoms with E-state index in [1.807, 2.05) is 19.0 Å². The second-order valence-electron chi connectivity index (χ2n) is 4.85. The summed E-state index contributed by atoms with van der Waals surface area (Å²) < 4.78 is 0. The summed E-state index contributed by atoms with van der Waals surface area (Å²) in [4.78, 5) is 26.2. The highest BCUT2D eigenvalue weighted by molar-refractivity contribution is 5.77. The largest absolute Gasteiger partial charge is 0.481 e. The number of piperidine rings is 1. The molecule has 1 fully saturated rings. The van der Waals surface area contributed by atoms with Crippen LogP contribution in [-0.2, 0) is 9.59 Å². The monoisotopic (exact) mass is 242 g/mol. The van der Waals surface area contributed by atoms with E-state index in [4.69, 9.17) is 5.11 Å². The first-order valence-electron chi connectivity index (χ1n) is 6.16. The molecule has 98 valence electrons. The number of rotatable bonds is 5. The lowest BCUT2D eigenvalue weighted by molar-refractivity contribution is -0.137. The van der Waals surface area contributed by atoms with E-state index in [9.17, 15) is 9.59 Å². The minimum atomic E-state index is -0.831. The Bertz CT molecular complexity index is 279. The predicted molar refractivity (Wildman–Crippen MR) is 64.8 cm³/mol. The minimum absolute atomic E-state index is 0.0800. The van der Waals surface area contributed by atoms with Gasteiger partial charge in [-0.3, -0.25) is 9.59 Å². The lowest BCUT2D eigenvalue weighted by Gasteiger charge is -2.36. The number of carboxylic acid groups (broad SMARTS) is 1. The van der Waals surface area contributed by atoms with Crippen LogP contribution in [0.3, 0.4) is 0 Å². The van der Waals surface area contributed by atoms with Gasteiger partial charge in [-0.15, -0.1) is 0 Å². The zero-order chi connectivity index (χ0) is 12.8. The van der Waals surface area contributed by atoms with Gasteiger partial charge in [0, 0.05) is 32.0 Å². The quantitative estimate of drug-likeness (QED) is 0.774. The molecule has 1 rings (SSSR count). The first kappa shape index (κ1) is 14.0. The Morgan fingerprint density at radius 2 is 2.06 bits per heavy atom. The molecule has 0 bridgehead atoms. The molecule has 1 aliphatic heterocycles. The molecule has 1 unspecified atom stereocenters. The molecule has 1 amide bonds. The van der Waals surface area contributed by atoms with E-state index in [0.29, 0.717) is 18.9 Å². The normalized spacial score (nSPS) is 20.6. The van der Waals surface area contributed by atoms with Gasteiger partial charge >= 0.3 is 5.97 Å². The molecule has 0 aliphatic carbocycles. The second-order valence-corrected chi connectivity index (χ2v) is 4.85. The molecule has 1 heterocycles. The number of hydrogen-bond donors (Lipinski definition) is 1. The maximum Gasteiger partial charge on any atom is 0.303 e. The molecular formula is C12H22N2O3. The highest BCUT2D eigenvalue weighted by Crippen LogP contribution is 2.15. The fourth-order valence-electron chi connectivity index (χ4n) is 2.15. The first-order valence-corrected chi connectivity index (χ1v) is 6.16. The van der Waals surface area contributed by atoms with Crippen LogP contribution in [0, 0.1) is 0 Å². The van der Waals surface area contributed by atoms with Crippen LogP contribution in [0.15, 0.2) is 0 Å². The van der Waals surface area contributed by atoms with Gasteiger partial charge in [-0.1, -0.05) is 0 Å². The summed E-state index contributed by atoms with van der Waals surface area (Å²) >= 11 is 0. The molecule has 1 saturated heterocycles. The van der Waals surface area contributed by atoms with Crippen LogP contribution in [0.2, 0.25) is 0 Å². The van der Waals surface area contributed by atoms with Crippen molar-refractivity contribution in [3.05, 3.63) is 0 Å². The van der Waals surface area contributed by atoms with E-state index >= 15 is 0 Å². The summed E-state index contributed by atoms with van der Waals surface area (Å²) in [6, 6.07) is 0.437. The molecule has 0 spiro atoms. The van der Waals surface area contributed by atoms with Crippen molar-refractivity contribution in [3.8, 4) is 0 Å². The van der Waals surface area contributed by atoms with Crippen molar-refractivity contribution in [1.82, 2.24) is 9.80 Å². The van der Waals surface area contributed by atoms with Crippen molar-refractivity contribution in [3.63, 3.8) is 0 Å². The zero-order valence-corrected chi connectivity index (χ0v) is 10.7. The van der Waals surface area contributed by atoms with Gasteiger partial charge in [0.15, 0.2) is 0 Å². The number of carboxylic acids is 1. The lowest BCUT2D eigenvalue weighted by Crippen LogP contribution is -2.47. The number of amides is 1. The number of likely N-dealkylation sites (N-methyl/N-ethyl adjacent to an activating group) is 1. The van der Waals surface area contributed by atoms with Gasteiger partial charge in [-0.05, 0) is 33.4 Å². The Morgan fingerprint density at radius 3 is 2.65 bits per heavy atom. The van der Waals surface area contributed by atoms with Gasteiger partial charge in [0.25, 0.3) is 0 Å². The van der Waals surface area contributed by atoms with Crippen LogP contribution >= 0.6 is 0 Å².